The van der Waals surface area contributed by atoms with E-state index in [4.69, 9.17) is 14.2 Å². The van der Waals surface area contributed by atoms with Crippen LogP contribution in [0.1, 0.15) is 30.9 Å². The van der Waals surface area contributed by atoms with E-state index < -0.39 is 21.4 Å². The summed E-state index contributed by atoms with van der Waals surface area (Å²) in [5, 5.41) is 9.62. The van der Waals surface area contributed by atoms with Crippen molar-refractivity contribution >= 4 is 10.0 Å². The van der Waals surface area contributed by atoms with Crippen LogP contribution in [0.2, 0.25) is 0 Å². The highest BCUT2D eigenvalue weighted by atomic mass is 32.2. The lowest BCUT2D eigenvalue weighted by Crippen LogP contribution is -2.43. The van der Waals surface area contributed by atoms with E-state index in [9.17, 15) is 13.5 Å². The molecule has 0 amide bonds. The van der Waals surface area contributed by atoms with Gasteiger partial charge < -0.3 is 19.3 Å². The fourth-order valence-corrected chi connectivity index (χ4v) is 6.09. The second-order valence-corrected chi connectivity index (χ2v) is 10.5. The minimum Gasteiger partial charge on any atom is -0.497 e. The molecule has 3 atom stereocenters. The Kier molecular flexibility index (Phi) is 11.0. The first-order valence-corrected chi connectivity index (χ1v) is 12.8. The largest absolute Gasteiger partial charge is 0.497 e. The minimum absolute atomic E-state index is 0.0732. The molecule has 0 bridgehead atoms. The molecule has 188 valence electrons. The molecule has 2 rings (SSSR count). The van der Waals surface area contributed by atoms with Gasteiger partial charge in [-0.2, -0.15) is 4.31 Å². The number of aliphatic hydroxyl groups is 1. The van der Waals surface area contributed by atoms with Gasteiger partial charge in [-0.05, 0) is 54.2 Å². The molecule has 0 aliphatic carbocycles. The zero-order valence-electron chi connectivity index (χ0n) is 20.5. The molecule has 0 unspecified atom stereocenters. The van der Waals surface area contributed by atoms with Crippen LogP contribution in [0.5, 0.6) is 11.5 Å². The van der Waals surface area contributed by atoms with Crippen LogP contribution in [0.25, 0.3) is 0 Å². The molecule has 2 aromatic carbocycles. The first-order chi connectivity index (χ1) is 16.2. The van der Waals surface area contributed by atoms with Crippen molar-refractivity contribution in [2.45, 2.75) is 44.2 Å². The Bertz CT molecular complexity index is 926. The minimum atomic E-state index is -3.82. The Morgan fingerprint density at radius 2 is 1.41 bits per heavy atom. The van der Waals surface area contributed by atoms with Crippen molar-refractivity contribution in [3.05, 3.63) is 72.3 Å². The number of ether oxygens (including phenoxy) is 3. The Labute approximate surface area is 204 Å². The third-order valence-electron chi connectivity index (χ3n) is 5.82. The van der Waals surface area contributed by atoms with Crippen molar-refractivity contribution < 1.29 is 27.7 Å². The molecule has 1 N–H and O–H groups in total. The van der Waals surface area contributed by atoms with Crippen LogP contribution in [-0.2, 0) is 27.8 Å². The molecule has 34 heavy (non-hydrogen) atoms. The van der Waals surface area contributed by atoms with Crippen molar-refractivity contribution in [2.24, 2.45) is 5.92 Å². The van der Waals surface area contributed by atoms with Crippen LogP contribution >= 0.6 is 0 Å². The van der Waals surface area contributed by atoms with Crippen LogP contribution in [0.3, 0.4) is 0 Å². The normalized spacial score (nSPS) is 14.4. The van der Waals surface area contributed by atoms with Gasteiger partial charge in [-0.15, -0.1) is 6.58 Å². The van der Waals surface area contributed by atoms with Crippen molar-refractivity contribution in [3.8, 4) is 11.5 Å². The number of rotatable bonds is 15. The SMILES string of the molecule is C=CC[C@H](C)[C@@H](C[C@@H](O)COC)S(=O)(=O)N(Cc1ccc(OC)cc1)Cc1ccc(OC)cc1. The van der Waals surface area contributed by atoms with Gasteiger partial charge in [0.25, 0.3) is 0 Å². The summed E-state index contributed by atoms with van der Waals surface area (Å²) in [6, 6.07) is 14.7. The molecular weight excluding hydrogens is 454 g/mol. The molecular formula is C26H37NO6S. The van der Waals surface area contributed by atoms with Gasteiger partial charge in [0.05, 0.1) is 32.2 Å². The summed E-state index contributed by atoms with van der Waals surface area (Å²) < 4.78 is 45.1. The fourth-order valence-electron chi connectivity index (χ4n) is 3.89. The van der Waals surface area contributed by atoms with Crippen molar-refractivity contribution in [2.75, 3.05) is 27.9 Å². The van der Waals surface area contributed by atoms with Gasteiger partial charge >= 0.3 is 0 Å². The monoisotopic (exact) mass is 491 g/mol. The first-order valence-electron chi connectivity index (χ1n) is 11.3. The Morgan fingerprint density at radius 1 is 0.941 bits per heavy atom. The van der Waals surface area contributed by atoms with Crippen molar-refractivity contribution in [3.63, 3.8) is 0 Å². The number of hydrogen-bond donors (Lipinski definition) is 1. The maximum Gasteiger partial charge on any atom is 0.217 e. The molecule has 7 nitrogen and oxygen atoms in total. The Hall–Kier alpha value is -2.39. The van der Waals surface area contributed by atoms with Gasteiger partial charge in [-0.25, -0.2) is 8.42 Å². The summed E-state index contributed by atoms with van der Waals surface area (Å²) in [4.78, 5) is 0. The molecule has 0 aliphatic rings. The maximum absolute atomic E-state index is 14.0. The van der Waals surface area contributed by atoms with Gasteiger partial charge in [0.2, 0.25) is 10.0 Å². The van der Waals surface area contributed by atoms with Gasteiger partial charge in [-0.1, -0.05) is 37.3 Å². The van der Waals surface area contributed by atoms with Gasteiger partial charge in [-0.3, -0.25) is 0 Å². The van der Waals surface area contributed by atoms with E-state index in [0.717, 1.165) is 11.1 Å². The third-order valence-corrected chi connectivity index (χ3v) is 8.22. The third kappa shape index (κ3) is 7.84. The van der Waals surface area contributed by atoms with E-state index in [2.05, 4.69) is 6.58 Å². The quantitative estimate of drug-likeness (QED) is 0.379. The van der Waals surface area contributed by atoms with E-state index in [1.54, 1.807) is 20.3 Å². The number of benzene rings is 2. The summed E-state index contributed by atoms with van der Waals surface area (Å²) in [6.07, 6.45) is 1.42. The lowest BCUT2D eigenvalue weighted by molar-refractivity contribution is 0.0557. The van der Waals surface area contributed by atoms with E-state index >= 15 is 0 Å². The van der Waals surface area contributed by atoms with Gasteiger partial charge in [0.15, 0.2) is 0 Å². The second kappa shape index (κ2) is 13.5. The molecule has 0 saturated heterocycles. The zero-order valence-corrected chi connectivity index (χ0v) is 21.3. The fraction of sp³-hybridized carbons (Fsp3) is 0.462. The first kappa shape index (κ1) is 27.9. The molecule has 2 aromatic rings. The summed E-state index contributed by atoms with van der Waals surface area (Å²) in [5.41, 5.74) is 1.68. The highest BCUT2D eigenvalue weighted by molar-refractivity contribution is 7.89. The Balaban J connectivity index is 2.43. The van der Waals surface area contributed by atoms with Gasteiger partial charge in [0.1, 0.15) is 11.5 Å². The summed E-state index contributed by atoms with van der Waals surface area (Å²) in [5.74, 6) is 1.17. The number of allylic oxidation sites excluding steroid dienone is 1. The molecule has 8 heteroatoms. The van der Waals surface area contributed by atoms with Crippen molar-refractivity contribution in [1.82, 2.24) is 4.31 Å². The predicted octanol–water partition coefficient (Wildman–Crippen LogP) is 4.01. The van der Waals surface area contributed by atoms with Crippen LogP contribution in [0.15, 0.2) is 61.2 Å². The molecule has 0 fully saturated rings. The number of aliphatic hydroxyl groups excluding tert-OH is 1. The summed E-state index contributed by atoms with van der Waals surface area (Å²) in [7, 11) is 0.847. The van der Waals surface area contributed by atoms with Gasteiger partial charge in [0, 0.05) is 20.2 Å². The van der Waals surface area contributed by atoms with Crippen LogP contribution in [0, 0.1) is 5.92 Å². The lowest BCUT2D eigenvalue weighted by Gasteiger charge is -2.32. The number of hydrogen-bond acceptors (Lipinski definition) is 6. The maximum atomic E-state index is 14.0. The van der Waals surface area contributed by atoms with E-state index in [0.29, 0.717) is 17.9 Å². The Morgan fingerprint density at radius 3 is 1.79 bits per heavy atom. The standard InChI is InChI=1S/C26H37NO6S/c1-6-7-20(2)26(16-23(28)19-31-3)34(29,30)27(17-21-8-12-24(32-4)13-9-21)18-22-10-14-25(33-5)15-11-22/h6,8-15,20,23,26,28H,1,7,16-19H2,2-5H3/t20-,23+,26+/m0/s1. The lowest BCUT2D eigenvalue weighted by atomic mass is 9.99. The average molecular weight is 492 g/mol. The molecule has 0 spiro atoms. The zero-order chi connectivity index (χ0) is 25.1. The van der Waals surface area contributed by atoms with E-state index in [1.165, 1.54) is 11.4 Å². The summed E-state index contributed by atoms with van der Waals surface area (Å²) in [6.45, 7) is 6.11. The second-order valence-electron chi connectivity index (χ2n) is 8.39. The van der Waals surface area contributed by atoms with E-state index in [1.807, 2.05) is 55.5 Å². The smallest absolute Gasteiger partial charge is 0.217 e. The molecule has 0 heterocycles. The average Bonchev–Trinajstić information content (AvgIpc) is 2.83. The number of sulfonamides is 1. The number of methoxy groups -OCH3 is 3. The molecule has 0 radical (unpaired) electrons. The summed E-state index contributed by atoms with van der Waals surface area (Å²) >= 11 is 0. The van der Waals surface area contributed by atoms with Crippen LogP contribution in [0.4, 0.5) is 0 Å². The highest BCUT2D eigenvalue weighted by Gasteiger charge is 2.37. The molecule has 0 aromatic heterocycles. The van der Waals surface area contributed by atoms with Crippen LogP contribution in [-0.4, -0.2) is 57.1 Å². The predicted molar refractivity (Wildman–Crippen MR) is 134 cm³/mol. The molecule has 0 saturated carbocycles. The highest BCUT2D eigenvalue weighted by Crippen LogP contribution is 2.28. The topological polar surface area (TPSA) is 85.3 Å². The number of nitrogens with zero attached hydrogens (tertiary/aromatic N) is 1. The van der Waals surface area contributed by atoms with Crippen LogP contribution < -0.4 is 9.47 Å². The van der Waals surface area contributed by atoms with E-state index in [-0.39, 0.29) is 32.0 Å². The van der Waals surface area contributed by atoms with Crippen molar-refractivity contribution in [1.29, 1.82) is 0 Å². The molecule has 0 aliphatic heterocycles.